The summed E-state index contributed by atoms with van der Waals surface area (Å²) in [4.78, 5) is 14.4. The largest absolute Gasteiger partial charge is 0.478 e. The Balaban J connectivity index is 2.72. The first kappa shape index (κ1) is 13.6. The fourth-order valence-electron chi connectivity index (χ4n) is 1.05. The van der Waals surface area contributed by atoms with Crippen molar-refractivity contribution >= 4 is 23.4 Å². The van der Waals surface area contributed by atoms with Gasteiger partial charge in [-0.05, 0) is 6.07 Å². The van der Waals surface area contributed by atoms with Crippen molar-refractivity contribution in [2.24, 2.45) is 0 Å². The Morgan fingerprint density at radius 3 is 2.71 bits per heavy atom. The van der Waals surface area contributed by atoms with Crippen molar-refractivity contribution in [3.63, 3.8) is 0 Å². The number of carboxylic acid groups (broad SMARTS) is 1. The molecular weight excluding hydrogens is 261 g/mol. The minimum absolute atomic E-state index is 0.0733. The second kappa shape index (κ2) is 5.22. The molecule has 0 bridgehead atoms. The number of pyridine rings is 1. The van der Waals surface area contributed by atoms with Crippen molar-refractivity contribution < 1.29 is 23.1 Å². The lowest BCUT2D eigenvalue weighted by Gasteiger charge is -2.10. The first-order valence-electron chi connectivity index (χ1n) is 4.49. The van der Waals surface area contributed by atoms with E-state index in [-0.39, 0.29) is 16.4 Å². The third kappa shape index (κ3) is 4.10. The summed E-state index contributed by atoms with van der Waals surface area (Å²) in [7, 11) is 0. The van der Waals surface area contributed by atoms with Crippen LogP contribution in [0.2, 0.25) is 5.02 Å². The number of alkyl halides is 3. The number of hydrogen-bond acceptors (Lipinski definition) is 3. The smallest absolute Gasteiger partial charge is 0.390 e. The molecule has 0 aromatic carbocycles. The van der Waals surface area contributed by atoms with Crippen molar-refractivity contribution in [1.82, 2.24) is 4.98 Å². The number of aromatic nitrogens is 1. The summed E-state index contributed by atoms with van der Waals surface area (Å²) in [5.74, 6) is -1.34. The summed E-state index contributed by atoms with van der Waals surface area (Å²) in [5, 5.41) is 10.9. The monoisotopic (exact) mass is 268 g/mol. The van der Waals surface area contributed by atoms with Crippen LogP contribution in [0.4, 0.5) is 19.0 Å². The Morgan fingerprint density at radius 2 is 2.18 bits per heavy atom. The zero-order chi connectivity index (χ0) is 13.1. The van der Waals surface area contributed by atoms with Crippen molar-refractivity contribution in [3.05, 3.63) is 22.8 Å². The van der Waals surface area contributed by atoms with Crippen LogP contribution in [-0.2, 0) is 0 Å². The number of anilines is 1. The first-order chi connectivity index (χ1) is 7.81. The average molecular weight is 269 g/mol. The van der Waals surface area contributed by atoms with Gasteiger partial charge in [-0.25, -0.2) is 9.78 Å². The second-order valence-corrected chi connectivity index (χ2v) is 3.50. The molecule has 1 aromatic heterocycles. The molecule has 8 heteroatoms. The molecule has 4 nitrogen and oxygen atoms in total. The predicted octanol–water partition coefficient (Wildman–Crippen LogP) is 2.80. The Labute approximate surface area is 99.4 Å². The third-order valence-electron chi connectivity index (χ3n) is 1.82. The van der Waals surface area contributed by atoms with Gasteiger partial charge in [-0.1, -0.05) is 11.6 Å². The van der Waals surface area contributed by atoms with Gasteiger partial charge in [-0.2, -0.15) is 13.2 Å². The van der Waals surface area contributed by atoms with E-state index in [9.17, 15) is 18.0 Å². The van der Waals surface area contributed by atoms with E-state index in [0.717, 1.165) is 6.20 Å². The van der Waals surface area contributed by atoms with E-state index in [4.69, 9.17) is 16.7 Å². The molecule has 1 heterocycles. The van der Waals surface area contributed by atoms with Gasteiger partial charge in [-0.3, -0.25) is 0 Å². The molecule has 0 aliphatic heterocycles. The van der Waals surface area contributed by atoms with Gasteiger partial charge in [0.05, 0.1) is 17.0 Å². The van der Waals surface area contributed by atoms with Crippen molar-refractivity contribution in [3.8, 4) is 0 Å². The molecule has 0 fully saturated rings. The molecule has 0 spiro atoms. The summed E-state index contributed by atoms with van der Waals surface area (Å²) in [6.45, 7) is -0.417. The van der Waals surface area contributed by atoms with E-state index in [2.05, 4.69) is 10.3 Å². The highest BCUT2D eigenvalue weighted by Crippen LogP contribution is 2.24. The van der Waals surface area contributed by atoms with Gasteiger partial charge in [0.1, 0.15) is 5.82 Å². The zero-order valence-electron chi connectivity index (χ0n) is 8.38. The van der Waals surface area contributed by atoms with Gasteiger partial charge in [0.2, 0.25) is 0 Å². The maximum absolute atomic E-state index is 11.9. The minimum Gasteiger partial charge on any atom is -0.478 e. The Morgan fingerprint density at radius 1 is 1.53 bits per heavy atom. The van der Waals surface area contributed by atoms with Gasteiger partial charge in [0.25, 0.3) is 0 Å². The van der Waals surface area contributed by atoms with Crippen molar-refractivity contribution in [2.75, 3.05) is 11.9 Å². The van der Waals surface area contributed by atoms with Crippen LogP contribution in [-0.4, -0.2) is 28.8 Å². The molecule has 2 N–H and O–H groups in total. The molecule has 0 unspecified atom stereocenters. The maximum Gasteiger partial charge on any atom is 0.390 e. The molecule has 17 heavy (non-hydrogen) atoms. The summed E-state index contributed by atoms with van der Waals surface area (Å²) in [6, 6.07) is 1.17. The second-order valence-electron chi connectivity index (χ2n) is 3.12. The van der Waals surface area contributed by atoms with E-state index in [0.29, 0.717) is 0 Å². The van der Waals surface area contributed by atoms with Crippen LogP contribution in [0, 0.1) is 0 Å². The van der Waals surface area contributed by atoms with Gasteiger partial charge >= 0.3 is 12.1 Å². The number of aromatic carboxylic acids is 1. The molecule has 0 aliphatic carbocycles. The summed E-state index contributed by atoms with van der Waals surface area (Å²) >= 11 is 5.67. The third-order valence-corrected chi connectivity index (χ3v) is 2.20. The highest BCUT2D eigenvalue weighted by Gasteiger charge is 2.26. The Kier molecular flexibility index (Phi) is 4.17. The topological polar surface area (TPSA) is 62.2 Å². The number of hydrogen-bond donors (Lipinski definition) is 2. The van der Waals surface area contributed by atoms with Crippen LogP contribution in [0.25, 0.3) is 0 Å². The van der Waals surface area contributed by atoms with Crippen molar-refractivity contribution in [2.45, 2.75) is 12.6 Å². The molecule has 94 valence electrons. The highest BCUT2D eigenvalue weighted by molar-refractivity contribution is 6.35. The van der Waals surface area contributed by atoms with Crippen LogP contribution in [0.5, 0.6) is 0 Å². The van der Waals surface area contributed by atoms with Gasteiger partial charge in [0, 0.05) is 12.7 Å². The Bertz CT molecular complexity index is 423. The van der Waals surface area contributed by atoms with Crippen LogP contribution in [0.3, 0.4) is 0 Å². The quantitative estimate of drug-likeness (QED) is 0.881. The zero-order valence-corrected chi connectivity index (χ0v) is 9.14. The highest BCUT2D eigenvalue weighted by atomic mass is 35.5. The van der Waals surface area contributed by atoms with E-state index in [1.807, 2.05) is 0 Å². The summed E-state index contributed by atoms with van der Waals surface area (Å²) < 4.78 is 35.6. The fraction of sp³-hybridized carbons (Fsp3) is 0.333. The van der Waals surface area contributed by atoms with Gasteiger partial charge in [0.15, 0.2) is 0 Å². The average Bonchev–Trinajstić information content (AvgIpc) is 2.18. The van der Waals surface area contributed by atoms with Crippen molar-refractivity contribution in [1.29, 1.82) is 0 Å². The number of halogens is 4. The molecule has 0 aliphatic rings. The Hall–Kier alpha value is -1.50. The van der Waals surface area contributed by atoms with E-state index in [1.165, 1.54) is 6.07 Å². The molecule has 1 rings (SSSR count). The number of carbonyl (C=O) groups is 1. The molecule has 0 saturated carbocycles. The van der Waals surface area contributed by atoms with Crippen LogP contribution < -0.4 is 5.32 Å². The standard InChI is InChI=1S/C9H8ClF3N2O2/c10-6-5(8(16)17)1-3-14-7(6)15-4-2-9(11,12)13/h1,3H,2,4H2,(H,14,15)(H,16,17). The maximum atomic E-state index is 11.9. The van der Waals surface area contributed by atoms with Crippen LogP contribution in [0.1, 0.15) is 16.8 Å². The lowest BCUT2D eigenvalue weighted by molar-refractivity contribution is -0.131. The number of rotatable bonds is 4. The van der Waals surface area contributed by atoms with Crippen LogP contribution in [0.15, 0.2) is 12.3 Å². The van der Waals surface area contributed by atoms with Crippen LogP contribution >= 0.6 is 11.6 Å². The number of carboxylic acids is 1. The molecule has 0 radical (unpaired) electrons. The summed E-state index contributed by atoms with van der Waals surface area (Å²) in [5.41, 5.74) is -0.212. The van der Waals surface area contributed by atoms with Gasteiger partial charge < -0.3 is 10.4 Å². The molecule has 1 aromatic rings. The van der Waals surface area contributed by atoms with Gasteiger partial charge in [-0.15, -0.1) is 0 Å². The lowest BCUT2D eigenvalue weighted by atomic mass is 10.2. The summed E-state index contributed by atoms with van der Waals surface area (Å²) in [6.07, 6.45) is -4.18. The molecule has 0 amide bonds. The SMILES string of the molecule is O=C(O)c1ccnc(NCCC(F)(F)F)c1Cl. The van der Waals surface area contributed by atoms with E-state index < -0.39 is 25.1 Å². The molecule has 0 atom stereocenters. The first-order valence-corrected chi connectivity index (χ1v) is 4.87. The number of nitrogens with one attached hydrogen (secondary N) is 1. The van der Waals surface area contributed by atoms with E-state index in [1.54, 1.807) is 0 Å². The molecule has 0 saturated heterocycles. The minimum atomic E-state index is -4.29. The predicted molar refractivity (Wildman–Crippen MR) is 55.4 cm³/mol. The number of nitrogens with zero attached hydrogens (tertiary/aromatic N) is 1. The molecular formula is C9H8ClF3N2O2. The van der Waals surface area contributed by atoms with E-state index >= 15 is 0 Å². The fourth-order valence-corrected chi connectivity index (χ4v) is 1.31. The lowest BCUT2D eigenvalue weighted by Crippen LogP contribution is -2.15. The normalized spacial score (nSPS) is 11.3.